The molecule has 0 atom stereocenters. The van der Waals surface area contributed by atoms with E-state index in [2.05, 4.69) is 35.6 Å². The zero-order chi connectivity index (χ0) is 18.9. The maximum Gasteiger partial charge on any atom is 0.161 e. The van der Waals surface area contributed by atoms with Gasteiger partial charge >= 0.3 is 0 Å². The van der Waals surface area contributed by atoms with Gasteiger partial charge < -0.3 is 14.8 Å². The Hall–Kier alpha value is -2.49. The van der Waals surface area contributed by atoms with Gasteiger partial charge in [0.1, 0.15) is 6.61 Å². The van der Waals surface area contributed by atoms with Crippen LogP contribution in [0.2, 0.25) is 5.02 Å². The first kappa shape index (κ1) is 19.3. The fraction of sp³-hybridized carbons (Fsp3) is 0.217. The number of methoxy groups -OCH3 is 1. The van der Waals surface area contributed by atoms with Crippen molar-refractivity contribution in [2.24, 2.45) is 0 Å². The first-order valence-corrected chi connectivity index (χ1v) is 9.41. The molecule has 0 aliphatic heterocycles. The van der Waals surface area contributed by atoms with Gasteiger partial charge in [0.15, 0.2) is 11.5 Å². The van der Waals surface area contributed by atoms with E-state index < -0.39 is 0 Å². The first-order chi connectivity index (χ1) is 13.2. The molecule has 3 aromatic rings. The molecule has 0 saturated heterocycles. The van der Waals surface area contributed by atoms with Crippen molar-refractivity contribution in [2.75, 3.05) is 13.7 Å². The van der Waals surface area contributed by atoms with Crippen LogP contribution >= 0.6 is 11.6 Å². The number of ether oxygens (including phenoxy) is 2. The average molecular weight is 382 g/mol. The van der Waals surface area contributed by atoms with Crippen molar-refractivity contribution in [2.45, 2.75) is 19.6 Å². The lowest BCUT2D eigenvalue weighted by Gasteiger charge is -2.13. The van der Waals surface area contributed by atoms with E-state index in [4.69, 9.17) is 21.1 Å². The minimum atomic E-state index is 0.450. The highest BCUT2D eigenvalue weighted by Crippen LogP contribution is 2.29. The number of benzene rings is 3. The van der Waals surface area contributed by atoms with Crippen molar-refractivity contribution < 1.29 is 9.47 Å². The minimum absolute atomic E-state index is 0.450. The molecule has 1 N–H and O–H groups in total. The Labute approximate surface area is 165 Å². The fourth-order valence-electron chi connectivity index (χ4n) is 2.84. The molecular weight excluding hydrogens is 358 g/mol. The van der Waals surface area contributed by atoms with Crippen LogP contribution in [0.25, 0.3) is 0 Å². The lowest BCUT2D eigenvalue weighted by atomic mass is 10.1. The standard InChI is InChI=1S/C23H24ClNO2/c1-26-23-15-19(16-25-13-12-18-6-3-2-4-7-18)10-11-22(23)27-17-20-8-5-9-21(24)14-20/h2-11,14-15,25H,12-13,16-17H2,1H3. The molecular formula is C23H24ClNO2. The first-order valence-electron chi connectivity index (χ1n) is 9.03. The van der Waals surface area contributed by atoms with E-state index in [1.54, 1.807) is 7.11 Å². The molecule has 0 spiro atoms. The molecule has 140 valence electrons. The van der Waals surface area contributed by atoms with Crippen molar-refractivity contribution in [3.63, 3.8) is 0 Å². The monoisotopic (exact) mass is 381 g/mol. The van der Waals surface area contributed by atoms with Gasteiger partial charge in [-0.25, -0.2) is 0 Å². The van der Waals surface area contributed by atoms with E-state index in [1.165, 1.54) is 5.56 Å². The molecule has 0 bridgehead atoms. The summed E-state index contributed by atoms with van der Waals surface area (Å²) >= 11 is 6.02. The van der Waals surface area contributed by atoms with Gasteiger partial charge in [-0.15, -0.1) is 0 Å². The van der Waals surface area contributed by atoms with Crippen molar-refractivity contribution in [1.29, 1.82) is 0 Å². The highest BCUT2D eigenvalue weighted by Gasteiger charge is 2.07. The van der Waals surface area contributed by atoms with Gasteiger partial charge in [-0.1, -0.05) is 60.1 Å². The quantitative estimate of drug-likeness (QED) is 0.513. The smallest absolute Gasteiger partial charge is 0.161 e. The highest BCUT2D eigenvalue weighted by atomic mass is 35.5. The SMILES string of the molecule is COc1cc(CNCCc2ccccc2)ccc1OCc1cccc(Cl)c1. The molecule has 27 heavy (non-hydrogen) atoms. The summed E-state index contributed by atoms with van der Waals surface area (Å²) in [6.45, 7) is 2.17. The lowest BCUT2D eigenvalue weighted by Crippen LogP contribution is -2.16. The molecule has 0 heterocycles. The summed E-state index contributed by atoms with van der Waals surface area (Å²) in [6.07, 6.45) is 1.01. The van der Waals surface area contributed by atoms with Crippen LogP contribution in [0.1, 0.15) is 16.7 Å². The molecule has 0 radical (unpaired) electrons. The number of nitrogens with one attached hydrogen (secondary N) is 1. The van der Waals surface area contributed by atoms with Crippen LogP contribution in [0, 0.1) is 0 Å². The molecule has 0 aliphatic carbocycles. The van der Waals surface area contributed by atoms with Crippen molar-refractivity contribution in [3.05, 3.63) is 94.5 Å². The Morgan fingerprint density at radius 2 is 1.63 bits per heavy atom. The second kappa shape index (κ2) is 10.0. The van der Waals surface area contributed by atoms with E-state index in [9.17, 15) is 0 Å². The predicted octanol–water partition coefficient (Wildman–Crippen LogP) is 5.26. The molecule has 0 saturated carbocycles. The van der Waals surface area contributed by atoms with E-state index in [-0.39, 0.29) is 0 Å². The van der Waals surface area contributed by atoms with Gasteiger partial charge in [0.05, 0.1) is 7.11 Å². The van der Waals surface area contributed by atoms with E-state index in [0.717, 1.165) is 42.1 Å². The Bertz CT molecular complexity index is 852. The molecule has 3 aromatic carbocycles. The van der Waals surface area contributed by atoms with Crippen molar-refractivity contribution in [1.82, 2.24) is 5.32 Å². The van der Waals surface area contributed by atoms with E-state index >= 15 is 0 Å². The van der Waals surface area contributed by atoms with Crippen LogP contribution < -0.4 is 14.8 Å². The maximum absolute atomic E-state index is 6.02. The van der Waals surface area contributed by atoms with Crippen LogP contribution in [0.4, 0.5) is 0 Å². The van der Waals surface area contributed by atoms with Gasteiger partial charge in [0.25, 0.3) is 0 Å². The molecule has 3 nitrogen and oxygen atoms in total. The van der Waals surface area contributed by atoms with Crippen LogP contribution in [0.5, 0.6) is 11.5 Å². The van der Waals surface area contributed by atoms with Gasteiger partial charge in [0, 0.05) is 11.6 Å². The molecule has 0 aliphatic rings. The van der Waals surface area contributed by atoms with E-state index in [1.807, 2.05) is 42.5 Å². The predicted molar refractivity (Wildman–Crippen MR) is 111 cm³/mol. The Balaban J connectivity index is 1.52. The molecule has 3 rings (SSSR count). The van der Waals surface area contributed by atoms with Crippen molar-refractivity contribution in [3.8, 4) is 11.5 Å². The average Bonchev–Trinajstić information content (AvgIpc) is 2.71. The summed E-state index contributed by atoms with van der Waals surface area (Å²) in [4.78, 5) is 0. The third-order valence-electron chi connectivity index (χ3n) is 4.27. The molecule has 0 unspecified atom stereocenters. The normalized spacial score (nSPS) is 10.6. The molecule has 4 heteroatoms. The third-order valence-corrected chi connectivity index (χ3v) is 4.51. The second-order valence-corrected chi connectivity index (χ2v) is 6.75. The van der Waals surface area contributed by atoms with Gasteiger partial charge in [-0.2, -0.15) is 0 Å². The number of hydrogen-bond donors (Lipinski definition) is 1. The fourth-order valence-corrected chi connectivity index (χ4v) is 3.05. The summed E-state index contributed by atoms with van der Waals surface area (Å²) in [5.74, 6) is 1.46. The highest BCUT2D eigenvalue weighted by molar-refractivity contribution is 6.30. The zero-order valence-electron chi connectivity index (χ0n) is 15.5. The maximum atomic E-state index is 6.02. The van der Waals surface area contributed by atoms with Crippen LogP contribution in [-0.2, 0) is 19.6 Å². The Morgan fingerprint density at radius 3 is 2.41 bits per heavy atom. The molecule has 0 amide bonds. The molecule has 0 aromatic heterocycles. The van der Waals surface area contributed by atoms with Crippen LogP contribution in [0.3, 0.4) is 0 Å². The van der Waals surface area contributed by atoms with E-state index in [0.29, 0.717) is 11.6 Å². The van der Waals surface area contributed by atoms with Crippen LogP contribution in [-0.4, -0.2) is 13.7 Å². The van der Waals surface area contributed by atoms with Gasteiger partial charge in [0.2, 0.25) is 0 Å². The van der Waals surface area contributed by atoms with Crippen LogP contribution in [0.15, 0.2) is 72.8 Å². The second-order valence-electron chi connectivity index (χ2n) is 6.32. The summed E-state index contributed by atoms with van der Waals surface area (Å²) in [5.41, 5.74) is 3.53. The van der Waals surface area contributed by atoms with Gasteiger partial charge in [-0.05, 0) is 53.9 Å². The van der Waals surface area contributed by atoms with Crippen molar-refractivity contribution >= 4 is 11.6 Å². The summed E-state index contributed by atoms with van der Waals surface area (Å²) < 4.78 is 11.4. The number of rotatable bonds is 9. The molecule has 0 fully saturated rings. The summed E-state index contributed by atoms with van der Waals surface area (Å²) in [7, 11) is 1.66. The lowest BCUT2D eigenvalue weighted by molar-refractivity contribution is 0.284. The number of hydrogen-bond acceptors (Lipinski definition) is 3. The zero-order valence-corrected chi connectivity index (χ0v) is 16.2. The Morgan fingerprint density at radius 1 is 0.815 bits per heavy atom. The Kier molecular flexibility index (Phi) is 7.14. The minimum Gasteiger partial charge on any atom is -0.493 e. The number of halogens is 1. The topological polar surface area (TPSA) is 30.5 Å². The third kappa shape index (κ3) is 6.02. The largest absolute Gasteiger partial charge is 0.493 e. The summed E-state index contributed by atoms with van der Waals surface area (Å²) in [5, 5.41) is 4.18. The summed E-state index contributed by atoms with van der Waals surface area (Å²) in [6, 6.07) is 24.2. The van der Waals surface area contributed by atoms with Gasteiger partial charge in [-0.3, -0.25) is 0 Å².